The van der Waals surface area contributed by atoms with Crippen LogP contribution in [-0.4, -0.2) is 24.3 Å². The van der Waals surface area contributed by atoms with Crippen LogP contribution in [0.25, 0.3) is 11.3 Å². The van der Waals surface area contributed by atoms with E-state index in [1.807, 2.05) is 12.1 Å². The van der Waals surface area contributed by atoms with E-state index >= 15 is 0 Å². The van der Waals surface area contributed by atoms with Crippen molar-refractivity contribution in [3.63, 3.8) is 0 Å². The number of aromatic nitrogens is 1. The Morgan fingerprint density at radius 1 is 1.12 bits per heavy atom. The van der Waals surface area contributed by atoms with Gasteiger partial charge in [0.2, 0.25) is 5.91 Å². The smallest absolute Gasteiger partial charge is 0.335 e. The van der Waals surface area contributed by atoms with Gasteiger partial charge in [-0.15, -0.1) is 0 Å². The van der Waals surface area contributed by atoms with Crippen LogP contribution in [0.1, 0.15) is 31.4 Å². The maximum absolute atomic E-state index is 12.7. The van der Waals surface area contributed by atoms with Gasteiger partial charge < -0.3 is 18.9 Å². The highest BCUT2D eigenvalue weighted by Gasteiger charge is 2.24. The lowest BCUT2D eigenvalue weighted by Crippen LogP contribution is -2.12. The third-order valence-electron chi connectivity index (χ3n) is 4.62. The number of benzene rings is 2. The predicted molar refractivity (Wildman–Crippen MR) is 125 cm³/mol. The SMILES string of the molecule is CCOP(=O)(Cc1ccc(NC(=O)CCc2cnoc2-c2cccc(Cl)c2)cc1)OCC. The fraction of sp³-hybridized carbons (Fsp3) is 0.304. The minimum Gasteiger partial charge on any atom is -0.356 e. The molecule has 0 spiro atoms. The number of carbonyl (C=O) groups excluding carboxylic acids is 1. The second kappa shape index (κ2) is 11.4. The molecule has 2 aromatic carbocycles. The van der Waals surface area contributed by atoms with E-state index in [0.717, 1.165) is 16.7 Å². The number of rotatable bonds is 11. The van der Waals surface area contributed by atoms with Crippen molar-refractivity contribution in [1.82, 2.24) is 5.16 Å². The molecule has 0 saturated carbocycles. The van der Waals surface area contributed by atoms with Crippen LogP contribution in [0, 0.1) is 0 Å². The van der Waals surface area contributed by atoms with Gasteiger partial charge in [0.25, 0.3) is 0 Å². The van der Waals surface area contributed by atoms with Crippen molar-refractivity contribution in [3.8, 4) is 11.3 Å². The third-order valence-corrected chi connectivity index (χ3v) is 6.91. The van der Waals surface area contributed by atoms with Gasteiger partial charge in [-0.1, -0.05) is 41.0 Å². The lowest BCUT2D eigenvalue weighted by atomic mass is 10.1. The molecule has 1 amide bonds. The number of hydrogen-bond acceptors (Lipinski definition) is 6. The molecule has 0 bridgehead atoms. The predicted octanol–water partition coefficient (Wildman–Crippen LogP) is 6.33. The van der Waals surface area contributed by atoms with E-state index in [0.29, 0.717) is 36.1 Å². The number of halogens is 1. The summed E-state index contributed by atoms with van der Waals surface area (Å²) in [6.07, 6.45) is 2.54. The number of nitrogens with one attached hydrogen (secondary N) is 1. The van der Waals surface area contributed by atoms with Gasteiger partial charge in [-0.25, -0.2) is 0 Å². The minimum atomic E-state index is -3.17. The Balaban J connectivity index is 1.56. The van der Waals surface area contributed by atoms with Crippen molar-refractivity contribution in [2.45, 2.75) is 32.9 Å². The first-order chi connectivity index (χ1) is 15.4. The van der Waals surface area contributed by atoms with Crippen LogP contribution in [0.15, 0.2) is 59.3 Å². The van der Waals surface area contributed by atoms with Gasteiger partial charge in [-0.3, -0.25) is 9.36 Å². The van der Waals surface area contributed by atoms with Crippen LogP contribution in [0.2, 0.25) is 5.02 Å². The zero-order valence-electron chi connectivity index (χ0n) is 18.0. The molecule has 0 saturated heterocycles. The van der Waals surface area contributed by atoms with E-state index in [1.54, 1.807) is 56.4 Å². The highest BCUT2D eigenvalue weighted by atomic mass is 35.5. The van der Waals surface area contributed by atoms with Crippen LogP contribution in [0.3, 0.4) is 0 Å². The van der Waals surface area contributed by atoms with Gasteiger partial charge in [0, 0.05) is 28.3 Å². The monoisotopic (exact) mass is 476 g/mol. The molecule has 0 aliphatic carbocycles. The maximum Gasteiger partial charge on any atom is 0.335 e. The Bertz CT molecular complexity index is 1070. The van der Waals surface area contributed by atoms with Crippen LogP contribution in [0.5, 0.6) is 0 Å². The summed E-state index contributed by atoms with van der Waals surface area (Å²) in [5, 5.41) is 7.33. The van der Waals surface area contributed by atoms with E-state index in [-0.39, 0.29) is 18.5 Å². The molecular formula is C23H26ClN2O5P. The number of aryl methyl sites for hydroxylation is 1. The zero-order chi connectivity index (χ0) is 23.0. The molecule has 0 aliphatic rings. The fourth-order valence-electron chi connectivity index (χ4n) is 3.22. The molecule has 0 radical (unpaired) electrons. The summed E-state index contributed by atoms with van der Waals surface area (Å²) >= 11 is 6.05. The van der Waals surface area contributed by atoms with Crippen LogP contribution in [0.4, 0.5) is 5.69 Å². The number of hydrogen-bond donors (Lipinski definition) is 1. The molecule has 0 fully saturated rings. The van der Waals surface area contributed by atoms with Crippen LogP contribution >= 0.6 is 19.2 Å². The molecule has 3 aromatic rings. The van der Waals surface area contributed by atoms with E-state index in [2.05, 4.69) is 10.5 Å². The van der Waals surface area contributed by atoms with Crippen molar-refractivity contribution in [3.05, 3.63) is 70.9 Å². The molecule has 3 rings (SSSR count). The molecule has 170 valence electrons. The quantitative estimate of drug-likeness (QED) is 0.325. The normalized spacial score (nSPS) is 11.5. The van der Waals surface area contributed by atoms with Gasteiger partial charge in [-0.2, -0.15) is 0 Å². The fourth-order valence-corrected chi connectivity index (χ4v) is 5.11. The van der Waals surface area contributed by atoms with E-state index in [4.69, 9.17) is 25.2 Å². The lowest BCUT2D eigenvalue weighted by Gasteiger charge is -2.17. The van der Waals surface area contributed by atoms with Crippen LogP contribution < -0.4 is 5.32 Å². The minimum absolute atomic E-state index is 0.134. The summed E-state index contributed by atoms with van der Waals surface area (Å²) in [6.45, 7) is 4.19. The highest BCUT2D eigenvalue weighted by Crippen LogP contribution is 2.51. The van der Waals surface area contributed by atoms with Crippen molar-refractivity contribution in [1.29, 1.82) is 0 Å². The second-order valence-corrected chi connectivity index (χ2v) is 9.53. The first-order valence-corrected chi connectivity index (χ1v) is 12.5. The summed E-state index contributed by atoms with van der Waals surface area (Å²) < 4.78 is 28.7. The van der Waals surface area contributed by atoms with Gasteiger partial charge in [0.1, 0.15) is 0 Å². The molecular weight excluding hydrogens is 451 g/mol. The van der Waals surface area contributed by atoms with Crippen molar-refractivity contribution in [2.75, 3.05) is 18.5 Å². The first kappa shape index (κ1) is 24.2. The molecule has 0 atom stereocenters. The Morgan fingerprint density at radius 3 is 2.50 bits per heavy atom. The summed E-state index contributed by atoms with van der Waals surface area (Å²) in [5.74, 6) is 0.475. The second-order valence-electron chi connectivity index (χ2n) is 7.04. The average molecular weight is 477 g/mol. The molecule has 0 unspecified atom stereocenters. The van der Waals surface area contributed by atoms with Gasteiger partial charge in [-0.05, 0) is 50.1 Å². The highest BCUT2D eigenvalue weighted by molar-refractivity contribution is 7.53. The Labute approximate surface area is 192 Å². The largest absolute Gasteiger partial charge is 0.356 e. The molecule has 1 aromatic heterocycles. The molecule has 0 aliphatic heterocycles. The Hall–Kier alpha value is -2.44. The summed E-state index contributed by atoms with van der Waals surface area (Å²) in [6, 6.07) is 14.4. The lowest BCUT2D eigenvalue weighted by molar-refractivity contribution is -0.116. The summed E-state index contributed by atoms with van der Waals surface area (Å²) in [5.41, 5.74) is 3.11. The molecule has 7 nitrogen and oxygen atoms in total. The number of nitrogens with zero attached hydrogens (tertiary/aromatic N) is 1. The van der Waals surface area contributed by atoms with Crippen molar-refractivity contribution >= 4 is 30.8 Å². The van der Waals surface area contributed by atoms with Gasteiger partial charge in [0.05, 0.1) is 25.6 Å². The molecule has 9 heteroatoms. The molecule has 32 heavy (non-hydrogen) atoms. The Kier molecular flexibility index (Phi) is 8.65. The molecule has 1 heterocycles. The van der Waals surface area contributed by atoms with E-state index in [1.165, 1.54) is 0 Å². The summed E-state index contributed by atoms with van der Waals surface area (Å²) in [4.78, 5) is 12.4. The molecule has 1 N–H and O–H groups in total. The standard InChI is InChI=1S/C23H26ClN2O5P/c1-3-29-32(28,30-4-2)16-17-8-11-21(12-9-17)26-22(27)13-10-19-15-25-31-23(19)18-6-5-7-20(24)14-18/h5-9,11-12,14-15H,3-4,10,13,16H2,1-2H3,(H,26,27). The number of anilines is 1. The first-order valence-electron chi connectivity index (χ1n) is 10.4. The van der Waals surface area contributed by atoms with E-state index in [9.17, 15) is 9.36 Å². The third kappa shape index (κ3) is 6.78. The average Bonchev–Trinajstić information content (AvgIpc) is 3.23. The maximum atomic E-state index is 12.7. The van der Waals surface area contributed by atoms with Crippen LogP contribution in [-0.2, 0) is 31.0 Å². The van der Waals surface area contributed by atoms with Gasteiger partial charge in [0.15, 0.2) is 5.76 Å². The van der Waals surface area contributed by atoms with Crippen molar-refractivity contribution < 1.29 is 22.9 Å². The van der Waals surface area contributed by atoms with Crippen molar-refractivity contribution in [2.24, 2.45) is 0 Å². The summed E-state index contributed by atoms with van der Waals surface area (Å²) in [7, 11) is -3.17. The number of amides is 1. The van der Waals surface area contributed by atoms with E-state index < -0.39 is 7.60 Å². The zero-order valence-corrected chi connectivity index (χ0v) is 19.7. The topological polar surface area (TPSA) is 90.7 Å². The Morgan fingerprint density at radius 2 is 1.84 bits per heavy atom. The number of carbonyl (C=O) groups is 1. The van der Waals surface area contributed by atoms with Gasteiger partial charge >= 0.3 is 7.60 Å².